The number of esters is 1. The SMILES string of the molecule is O=C(CCCC(=O)OCCCc1ccccc1)NC(=S)Nc1cccc(C(=O)N2CCOCC2)c1. The molecule has 186 valence electrons. The third kappa shape index (κ3) is 9.46. The van der Waals surface area contributed by atoms with E-state index < -0.39 is 0 Å². The van der Waals surface area contributed by atoms with Gasteiger partial charge in [-0.25, -0.2) is 0 Å². The van der Waals surface area contributed by atoms with Crippen molar-refractivity contribution in [2.24, 2.45) is 0 Å². The molecule has 0 aromatic heterocycles. The first-order chi connectivity index (χ1) is 17.0. The lowest BCUT2D eigenvalue weighted by Gasteiger charge is -2.27. The van der Waals surface area contributed by atoms with Crippen molar-refractivity contribution in [2.75, 3.05) is 38.2 Å². The molecule has 1 heterocycles. The monoisotopic (exact) mass is 497 g/mol. The van der Waals surface area contributed by atoms with Crippen molar-refractivity contribution >= 4 is 40.8 Å². The minimum Gasteiger partial charge on any atom is -0.466 e. The predicted molar refractivity (Wildman–Crippen MR) is 137 cm³/mol. The first-order valence-electron chi connectivity index (χ1n) is 11.8. The topological polar surface area (TPSA) is 97.0 Å². The molecule has 0 atom stereocenters. The number of carbonyl (C=O) groups excluding carboxylic acids is 3. The minimum atomic E-state index is -0.312. The predicted octanol–water partition coefficient (Wildman–Crippen LogP) is 3.32. The van der Waals surface area contributed by atoms with Crippen LogP contribution >= 0.6 is 12.2 Å². The maximum atomic E-state index is 12.6. The molecule has 1 saturated heterocycles. The Kier molecular flexibility index (Phi) is 10.7. The number of amides is 2. The lowest BCUT2D eigenvalue weighted by Crippen LogP contribution is -2.40. The van der Waals surface area contributed by atoms with E-state index in [9.17, 15) is 14.4 Å². The zero-order valence-corrected chi connectivity index (χ0v) is 20.5. The molecule has 1 aliphatic heterocycles. The Morgan fingerprint density at radius 1 is 0.971 bits per heavy atom. The summed E-state index contributed by atoms with van der Waals surface area (Å²) in [5, 5.41) is 5.67. The number of benzene rings is 2. The molecule has 0 spiro atoms. The van der Waals surface area contributed by atoms with Gasteiger partial charge in [-0.3, -0.25) is 14.4 Å². The molecule has 2 N–H and O–H groups in total. The Labute approximate surface area is 211 Å². The van der Waals surface area contributed by atoms with E-state index in [-0.39, 0.29) is 35.7 Å². The molecule has 1 fully saturated rings. The molecule has 2 amide bonds. The average Bonchev–Trinajstić information content (AvgIpc) is 2.87. The second-order valence-corrected chi connectivity index (χ2v) is 8.56. The van der Waals surface area contributed by atoms with Crippen LogP contribution in [0.4, 0.5) is 5.69 Å². The van der Waals surface area contributed by atoms with E-state index in [1.807, 2.05) is 30.3 Å². The fourth-order valence-corrected chi connectivity index (χ4v) is 3.83. The molecule has 2 aromatic rings. The number of nitrogens with zero attached hydrogens (tertiary/aromatic N) is 1. The molecule has 8 nitrogen and oxygen atoms in total. The zero-order chi connectivity index (χ0) is 24.9. The molecular formula is C26H31N3O5S. The number of carbonyl (C=O) groups is 3. The first kappa shape index (κ1) is 26.3. The summed E-state index contributed by atoms with van der Waals surface area (Å²) >= 11 is 5.21. The normalized spacial score (nSPS) is 13.1. The number of nitrogens with one attached hydrogen (secondary N) is 2. The minimum absolute atomic E-state index is 0.0705. The van der Waals surface area contributed by atoms with E-state index in [1.54, 1.807) is 29.2 Å². The second-order valence-electron chi connectivity index (χ2n) is 8.15. The number of hydrogen-bond donors (Lipinski definition) is 2. The summed E-state index contributed by atoms with van der Waals surface area (Å²) in [4.78, 5) is 38.4. The van der Waals surface area contributed by atoms with Gasteiger partial charge in [-0.2, -0.15) is 0 Å². The number of morpholine rings is 1. The third-order valence-corrected chi connectivity index (χ3v) is 5.62. The number of anilines is 1. The second kappa shape index (κ2) is 14.2. The standard InChI is InChI=1S/C26H31N3O5S/c30-23(12-5-13-24(31)34-16-6-9-20-7-2-1-3-8-20)28-26(35)27-22-11-4-10-21(19-22)25(32)29-14-17-33-18-15-29/h1-4,7-8,10-11,19H,5-6,9,12-18H2,(H2,27,28,30,35). The van der Waals surface area contributed by atoms with Crippen molar-refractivity contribution in [1.29, 1.82) is 0 Å². The van der Waals surface area contributed by atoms with Crippen LogP contribution in [0.2, 0.25) is 0 Å². The van der Waals surface area contributed by atoms with Crippen LogP contribution < -0.4 is 10.6 Å². The quantitative estimate of drug-likeness (QED) is 0.295. The Bertz CT molecular complexity index is 1010. The number of rotatable bonds is 10. The molecule has 35 heavy (non-hydrogen) atoms. The van der Waals surface area contributed by atoms with Crippen LogP contribution in [-0.2, 0) is 25.5 Å². The fraction of sp³-hybridized carbons (Fsp3) is 0.385. The van der Waals surface area contributed by atoms with Gasteiger partial charge in [0.05, 0.1) is 19.8 Å². The average molecular weight is 498 g/mol. The van der Waals surface area contributed by atoms with Gasteiger partial charge in [-0.05, 0) is 55.2 Å². The molecule has 2 aromatic carbocycles. The van der Waals surface area contributed by atoms with Gasteiger partial charge in [0.15, 0.2) is 5.11 Å². The van der Waals surface area contributed by atoms with Gasteiger partial charge in [-0.15, -0.1) is 0 Å². The van der Waals surface area contributed by atoms with Gasteiger partial charge in [0.2, 0.25) is 5.91 Å². The van der Waals surface area contributed by atoms with E-state index in [0.29, 0.717) is 50.6 Å². The van der Waals surface area contributed by atoms with Crippen molar-refractivity contribution < 1.29 is 23.9 Å². The Balaban J connectivity index is 1.31. The van der Waals surface area contributed by atoms with E-state index in [1.165, 1.54) is 5.56 Å². The summed E-state index contributed by atoms with van der Waals surface area (Å²) in [5.74, 6) is -0.674. The van der Waals surface area contributed by atoms with Crippen molar-refractivity contribution in [1.82, 2.24) is 10.2 Å². The van der Waals surface area contributed by atoms with E-state index in [0.717, 1.165) is 12.8 Å². The van der Waals surface area contributed by atoms with Crippen molar-refractivity contribution in [3.8, 4) is 0 Å². The van der Waals surface area contributed by atoms with E-state index in [4.69, 9.17) is 21.7 Å². The number of aryl methyl sites for hydroxylation is 1. The highest BCUT2D eigenvalue weighted by atomic mass is 32.1. The highest BCUT2D eigenvalue weighted by Gasteiger charge is 2.18. The molecule has 0 bridgehead atoms. The van der Waals surface area contributed by atoms with Crippen LogP contribution in [0.1, 0.15) is 41.6 Å². The molecule has 1 aliphatic rings. The third-order valence-electron chi connectivity index (χ3n) is 5.42. The molecule has 0 unspecified atom stereocenters. The molecule has 0 saturated carbocycles. The van der Waals surface area contributed by atoms with Crippen LogP contribution in [0, 0.1) is 0 Å². The van der Waals surface area contributed by atoms with Crippen molar-refractivity contribution in [2.45, 2.75) is 32.1 Å². The van der Waals surface area contributed by atoms with Gasteiger partial charge < -0.3 is 25.0 Å². The van der Waals surface area contributed by atoms with Gasteiger partial charge in [0, 0.05) is 37.2 Å². The van der Waals surface area contributed by atoms with Gasteiger partial charge >= 0.3 is 5.97 Å². The van der Waals surface area contributed by atoms with Crippen molar-refractivity contribution in [3.63, 3.8) is 0 Å². The van der Waals surface area contributed by atoms with Crippen LogP contribution in [0.15, 0.2) is 54.6 Å². The lowest BCUT2D eigenvalue weighted by molar-refractivity contribution is -0.143. The van der Waals surface area contributed by atoms with Gasteiger partial charge in [0.1, 0.15) is 0 Å². The molecule has 9 heteroatoms. The van der Waals surface area contributed by atoms with Crippen LogP contribution in [0.25, 0.3) is 0 Å². The Morgan fingerprint density at radius 2 is 1.74 bits per heavy atom. The summed E-state index contributed by atoms with van der Waals surface area (Å²) in [7, 11) is 0. The molecule has 3 rings (SSSR count). The lowest BCUT2D eigenvalue weighted by atomic mass is 10.1. The fourth-order valence-electron chi connectivity index (χ4n) is 3.60. The number of thiocarbonyl (C=S) groups is 1. The van der Waals surface area contributed by atoms with Gasteiger partial charge in [-0.1, -0.05) is 36.4 Å². The van der Waals surface area contributed by atoms with Crippen molar-refractivity contribution in [3.05, 3.63) is 65.7 Å². The summed E-state index contributed by atoms with van der Waals surface area (Å²) in [6, 6.07) is 17.0. The highest BCUT2D eigenvalue weighted by molar-refractivity contribution is 7.80. The Morgan fingerprint density at radius 3 is 2.51 bits per heavy atom. The van der Waals surface area contributed by atoms with Crippen LogP contribution in [0.3, 0.4) is 0 Å². The largest absolute Gasteiger partial charge is 0.466 e. The van der Waals surface area contributed by atoms with E-state index in [2.05, 4.69) is 10.6 Å². The summed E-state index contributed by atoms with van der Waals surface area (Å²) in [5.41, 5.74) is 2.35. The molecular weight excluding hydrogens is 466 g/mol. The summed E-state index contributed by atoms with van der Waals surface area (Å²) < 4.78 is 10.5. The van der Waals surface area contributed by atoms with Gasteiger partial charge in [0.25, 0.3) is 5.91 Å². The molecule has 0 aliphatic carbocycles. The zero-order valence-electron chi connectivity index (χ0n) is 19.7. The van der Waals surface area contributed by atoms with Crippen LogP contribution in [0.5, 0.6) is 0 Å². The summed E-state index contributed by atoms with van der Waals surface area (Å²) in [6.45, 7) is 2.55. The summed E-state index contributed by atoms with van der Waals surface area (Å²) in [6.07, 6.45) is 2.30. The molecule has 0 radical (unpaired) electrons. The van der Waals surface area contributed by atoms with Crippen LogP contribution in [-0.4, -0.2) is 60.7 Å². The number of hydrogen-bond acceptors (Lipinski definition) is 6. The first-order valence-corrected chi connectivity index (χ1v) is 12.2. The number of ether oxygens (including phenoxy) is 2. The maximum Gasteiger partial charge on any atom is 0.305 e. The van der Waals surface area contributed by atoms with E-state index >= 15 is 0 Å². The Hall–Kier alpha value is -3.30. The maximum absolute atomic E-state index is 12.6. The smallest absolute Gasteiger partial charge is 0.305 e. The highest BCUT2D eigenvalue weighted by Crippen LogP contribution is 2.14.